The highest BCUT2D eigenvalue weighted by Crippen LogP contribution is 2.27. The molecule has 1 heteroatoms. The first-order chi connectivity index (χ1) is 8.19. The molecule has 0 aromatic heterocycles. The Kier molecular flexibility index (Phi) is 4.61. The monoisotopic (exact) mass is 248 g/mol. The summed E-state index contributed by atoms with van der Waals surface area (Å²) in [5, 5.41) is 10.6. The molecular weight excluding hydrogens is 220 g/mol. The topological polar surface area (TPSA) is 20.2 Å². The summed E-state index contributed by atoms with van der Waals surface area (Å²) in [6, 6.07) is 8.69. The summed E-state index contributed by atoms with van der Waals surface area (Å²) in [5.74, 6) is 0.282. The third-order valence-corrected chi connectivity index (χ3v) is 4.02. The summed E-state index contributed by atoms with van der Waals surface area (Å²) >= 11 is 0. The molecule has 18 heavy (non-hydrogen) atoms. The molecule has 102 valence electrons. The molecule has 0 saturated heterocycles. The van der Waals surface area contributed by atoms with Crippen LogP contribution in [0, 0.1) is 5.92 Å². The molecule has 0 bridgehead atoms. The van der Waals surface area contributed by atoms with Crippen LogP contribution in [-0.2, 0) is 11.8 Å². The summed E-state index contributed by atoms with van der Waals surface area (Å²) in [7, 11) is 0. The summed E-state index contributed by atoms with van der Waals surface area (Å²) in [6.45, 7) is 12.9. The molecule has 0 fully saturated rings. The van der Waals surface area contributed by atoms with Crippen LogP contribution in [0.4, 0.5) is 0 Å². The maximum Gasteiger partial charge on any atom is 0.0708 e. The second-order valence-corrected chi connectivity index (χ2v) is 6.74. The molecule has 0 heterocycles. The van der Waals surface area contributed by atoms with E-state index in [2.05, 4.69) is 65.8 Å². The van der Waals surface area contributed by atoms with Gasteiger partial charge in [-0.25, -0.2) is 0 Å². The van der Waals surface area contributed by atoms with Gasteiger partial charge in [0.2, 0.25) is 0 Å². The molecule has 0 aliphatic rings. The van der Waals surface area contributed by atoms with Crippen LogP contribution in [0.25, 0.3) is 0 Å². The average molecular weight is 248 g/mol. The predicted octanol–water partition coefficient (Wildman–Crippen LogP) is 4.32. The fraction of sp³-hybridized carbons (Fsp3) is 0.647. The van der Waals surface area contributed by atoms with Gasteiger partial charge < -0.3 is 5.11 Å². The molecule has 0 saturated carbocycles. The highest BCUT2D eigenvalue weighted by atomic mass is 16.3. The lowest BCUT2D eigenvalue weighted by molar-refractivity contribution is -0.00828. The Hall–Kier alpha value is -0.820. The quantitative estimate of drug-likeness (QED) is 0.841. The molecule has 0 spiro atoms. The molecule has 0 radical (unpaired) electrons. The van der Waals surface area contributed by atoms with Crippen molar-refractivity contribution in [2.45, 2.75) is 65.4 Å². The lowest BCUT2D eigenvalue weighted by atomic mass is 9.81. The maximum absolute atomic E-state index is 10.6. The Morgan fingerprint density at radius 2 is 1.56 bits per heavy atom. The molecule has 1 unspecified atom stereocenters. The second kappa shape index (κ2) is 5.44. The van der Waals surface area contributed by atoms with Crippen molar-refractivity contribution in [3.63, 3.8) is 0 Å². The minimum absolute atomic E-state index is 0.192. The average Bonchev–Trinajstić information content (AvgIpc) is 2.28. The Balaban J connectivity index is 2.87. The molecule has 1 N–H and O–H groups in total. The van der Waals surface area contributed by atoms with E-state index in [1.165, 1.54) is 11.1 Å². The molecule has 1 rings (SSSR count). The molecule has 1 aromatic carbocycles. The van der Waals surface area contributed by atoms with E-state index in [4.69, 9.17) is 0 Å². The van der Waals surface area contributed by atoms with Crippen molar-refractivity contribution in [2.24, 2.45) is 5.92 Å². The first-order valence-corrected chi connectivity index (χ1v) is 7.01. The zero-order valence-electron chi connectivity index (χ0n) is 12.7. The van der Waals surface area contributed by atoms with Gasteiger partial charge in [-0.3, -0.25) is 0 Å². The fourth-order valence-electron chi connectivity index (χ4n) is 2.21. The molecule has 0 aliphatic heterocycles. The summed E-state index contributed by atoms with van der Waals surface area (Å²) < 4.78 is 0. The van der Waals surface area contributed by atoms with Gasteiger partial charge in [0.05, 0.1) is 5.60 Å². The Labute approximate surface area is 112 Å². The van der Waals surface area contributed by atoms with Gasteiger partial charge in [-0.05, 0) is 28.9 Å². The van der Waals surface area contributed by atoms with Crippen LogP contribution in [0.15, 0.2) is 24.3 Å². The zero-order chi connectivity index (χ0) is 14.0. The van der Waals surface area contributed by atoms with Crippen LogP contribution in [0.5, 0.6) is 0 Å². The minimum Gasteiger partial charge on any atom is -0.389 e. The number of hydrogen-bond acceptors (Lipinski definition) is 1. The van der Waals surface area contributed by atoms with Crippen molar-refractivity contribution in [1.82, 2.24) is 0 Å². The zero-order valence-corrected chi connectivity index (χ0v) is 12.7. The van der Waals surface area contributed by atoms with E-state index in [1.807, 2.05) is 0 Å². The van der Waals surface area contributed by atoms with E-state index in [0.717, 1.165) is 12.8 Å². The van der Waals surface area contributed by atoms with Crippen molar-refractivity contribution in [3.05, 3.63) is 35.4 Å². The van der Waals surface area contributed by atoms with Crippen molar-refractivity contribution >= 4 is 0 Å². The normalized spacial score (nSPS) is 15.8. The summed E-state index contributed by atoms with van der Waals surface area (Å²) in [4.78, 5) is 0. The molecule has 1 nitrogen and oxygen atoms in total. The number of aliphatic hydroxyl groups is 1. The lowest BCUT2D eigenvalue weighted by Gasteiger charge is -2.31. The summed E-state index contributed by atoms with van der Waals surface area (Å²) in [5.41, 5.74) is 2.18. The summed E-state index contributed by atoms with van der Waals surface area (Å²) in [6.07, 6.45) is 1.54. The van der Waals surface area contributed by atoms with E-state index in [-0.39, 0.29) is 11.3 Å². The first kappa shape index (κ1) is 15.2. The smallest absolute Gasteiger partial charge is 0.0708 e. The van der Waals surface area contributed by atoms with Gasteiger partial charge in [-0.2, -0.15) is 0 Å². The van der Waals surface area contributed by atoms with Gasteiger partial charge in [0, 0.05) is 6.42 Å². The molecule has 0 aliphatic carbocycles. The molecule has 1 atom stereocenters. The number of hydrogen-bond donors (Lipinski definition) is 1. The van der Waals surface area contributed by atoms with E-state index in [9.17, 15) is 5.11 Å². The predicted molar refractivity (Wildman–Crippen MR) is 78.9 cm³/mol. The van der Waals surface area contributed by atoms with Gasteiger partial charge in [0.1, 0.15) is 0 Å². The van der Waals surface area contributed by atoms with Crippen LogP contribution < -0.4 is 0 Å². The number of benzene rings is 1. The van der Waals surface area contributed by atoms with Crippen LogP contribution >= 0.6 is 0 Å². The Bertz CT molecular complexity index is 370. The minimum atomic E-state index is -0.580. The molecule has 0 amide bonds. The van der Waals surface area contributed by atoms with Crippen LogP contribution in [0.3, 0.4) is 0 Å². The van der Waals surface area contributed by atoms with Gasteiger partial charge in [-0.15, -0.1) is 0 Å². The largest absolute Gasteiger partial charge is 0.389 e. The van der Waals surface area contributed by atoms with Gasteiger partial charge in [0.25, 0.3) is 0 Å². The standard InChI is InChI=1S/C17H28O/c1-7-17(18,13(2)3)12-14-8-10-15(11-9-14)16(4,5)6/h8-11,13,18H,7,12H2,1-6H3. The lowest BCUT2D eigenvalue weighted by Crippen LogP contribution is -2.36. The van der Waals surface area contributed by atoms with E-state index in [0.29, 0.717) is 0 Å². The number of rotatable bonds is 4. The van der Waals surface area contributed by atoms with Crippen molar-refractivity contribution < 1.29 is 5.11 Å². The maximum atomic E-state index is 10.6. The first-order valence-electron chi connectivity index (χ1n) is 7.01. The van der Waals surface area contributed by atoms with E-state index < -0.39 is 5.60 Å². The molecule has 1 aromatic rings. The third-order valence-electron chi connectivity index (χ3n) is 4.02. The van der Waals surface area contributed by atoms with Crippen molar-refractivity contribution in [1.29, 1.82) is 0 Å². The SMILES string of the molecule is CCC(O)(Cc1ccc(C(C)(C)C)cc1)C(C)C. The van der Waals surface area contributed by atoms with Crippen LogP contribution in [0.1, 0.15) is 59.1 Å². The molecular formula is C17H28O. The van der Waals surface area contributed by atoms with E-state index >= 15 is 0 Å². The van der Waals surface area contributed by atoms with Crippen LogP contribution in [-0.4, -0.2) is 10.7 Å². The van der Waals surface area contributed by atoms with Gasteiger partial charge in [-0.1, -0.05) is 65.8 Å². The van der Waals surface area contributed by atoms with Gasteiger partial charge in [0.15, 0.2) is 0 Å². The van der Waals surface area contributed by atoms with Crippen molar-refractivity contribution in [3.8, 4) is 0 Å². The van der Waals surface area contributed by atoms with Crippen LogP contribution in [0.2, 0.25) is 0 Å². The van der Waals surface area contributed by atoms with E-state index in [1.54, 1.807) is 0 Å². The second-order valence-electron chi connectivity index (χ2n) is 6.74. The Morgan fingerprint density at radius 3 is 1.89 bits per heavy atom. The third kappa shape index (κ3) is 3.58. The highest BCUT2D eigenvalue weighted by Gasteiger charge is 2.29. The fourth-order valence-corrected chi connectivity index (χ4v) is 2.21. The van der Waals surface area contributed by atoms with Gasteiger partial charge >= 0.3 is 0 Å². The Morgan fingerprint density at radius 1 is 1.06 bits per heavy atom. The highest BCUT2D eigenvalue weighted by molar-refractivity contribution is 5.28. The van der Waals surface area contributed by atoms with Crippen molar-refractivity contribution in [2.75, 3.05) is 0 Å².